The lowest BCUT2D eigenvalue weighted by Gasteiger charge is -2.05. The number of Topliss-reactive ketones (excluding diaryl/α,β-unsaturated/α-hetero) is 1. The second-order valence-corrected chi connectivity index (χ2v) is 4.06. The lowest BCUT2D eigenvalue weighted by atomic mass is 10.1. The van der Waals surface area contributed by atoms with E-state index in [0.717, 1.165) is 0 Å². The molecule has 0 heterocycles. The van der Waals surface area contributed by atoms with Gasteiger partial charge in [-0.3, -0.25) is 4.79 Å². The van der Waals surface area contributed by atoms with Crippen LogP contribution in [0.15, 0.2) is 18.2 Å². The first kappa shape index (κ1) is 10.2. The average Bonchev–Trinajstić information content (AvgIpc) is 2.08. The van der Waals surface area contributed by atoms with Crippen molar-refractivity contribution in [3.63, 3.8) is 0 Å². The van der Waals surface area contributed by atoms with Gasteiger partial charge in [0.25, 0.3) is 0 Å². The molecule has 0 saturated carbocycles. The first-order chi connectivity index (χ1) is 6.04. The molecule has 1 aromatic carbocycles. The maximum atomic E-state index is 13.2. The number of hydrogen-bond donors (Lipinski definition) is 1. The molecule has 0 saturated heterocycles. The van der Waals surface area contributed by atoms with Crippen molar-refractivity contribution < 1.29 is 9.18 Å². The molecule has 2 nitrogen and oxygen atoms in total. The summed E-state index contributed by atoms with van der Waals surface area (Å²) in [6, 6.07) is 4.40. The van der Waals surface area contributed by atoms with Gasteiger partial charge >= 0.3 is 0 Å². The predicted octanol–water partition coefficient (Wildman–Crippen LogP) is 2.37. The smallest absolute Gasteiger partial charge is 0.179 e. The zero-order valence-electron chi connectivity index (χ0n) is 7.05. The van der Waals surface area contributed by atoms with Crippen molar-refractivity contribution in [2.75, 3.05) is 5.73 Å². The van der Waals surface area contributed by atoms with Crippen molar-refractivity contribution in [1.29, 1.82) is 0 Å². The molecule has 1 atom stereocenters. The van der Waals surface area contributed by atoms with E-state index in [1.54, 1.807) is 13.0 Å². The topological polar surface area (TPSA) is 43.1 Å². The quantitative estimate of drug-likeness (QED) is 0.494. The molecule has 1 rings (SSSR count). The summed E-state index contributed by atoms with van der Waals surface area (Å²) in [4.78, 5) is 11.0. The summed E-state index contributed by atoms with van der Waals surface area (Å²) >= 11 is 3.08. The zero-order valence-corrected chi connectivity index (χ0v) is 8.64. The van der Waals surface area contributed by atoms with Crippen LogP contribution < -0.4 is 5.73 Å². The number of anilines is 1. The summed E-state index contributed by atoms with van der Waals surface area (Å²) < 4.78 is 13.2. The zero-order chi connectivity index (χ0) is 10.0. The Kier molecular flexibility index (Phi) is 3.03. The molecule has 0 aliphatic rings. The number of carbonyl (C=O) groups is 1. The predicted molar refractivity (Wildman–Crippen MR) is 53.5 cm³/mol. The highest BCUT2D eigenvalue weighted by molar-refractivity contribution is 9.10. The number of benzene rings is 1. The molecule has 2 N–H and O–H groups in total. The maximum absolute atomic E-state index is 13.2. The van der Waals surface area contributed by atoms with E-state index in [1.165, 1.54) is 12.1 Å². The van der Waals surface area contributed by atoms with E-state index in [9.17, 15) is 9.18 Å². The standard InChI is InChI=1S/C9H9BrFNO/c1-5(10)9(13)6-3-2-4-7(12)8(6)11/h2-5H,12H2,1H3. The van der Waals surface area contributed by atoms with Crippen LogP contribution in [0.2, 0.25) is 0 Å². The fourth-order valence-electron chi connectivity index (χ4n) is 0.954. The molecule has 0 spiro atoms. The molecule has 0 aliphatic heterocycles. The number of hydrogen-bond acceptors (Lipinski definition) is 2. The van der Waals surface area contributed by atoms with Crippen molar-refractivity contribution in [2.45, 2.75) is 11.8 Å². The molecule has 0 bridgehead atoms. The molecule has 70 valence electrons. The summed E-state index contributed by atoms with van der Waals surface area (Å²) in [6.07, 6.45) is 0. The minimum absolute atomic E-state index is 0.000926. The monoisotopic (exact) mass is 245 g/mol. The molecule has 13 heavy (non-hydrogen) atoms. The third-order valence-electron chi connectivity index (χ3n) is 1.66. The highest BCUT2D eigenvalue weighted by Gasteiger charge is 2.17. The molecular weight excluding hydrogens is 237 g/mol. The van der Waals surface area contributed by atoms with Crippen LogP contribution in [-0.4, -0.2) is 10.6 Å². The van der Waals surface area contributed by atoms with Crippen LogP contribution in [0.25, 0.3) is 0 Å². The fourth-order valence-corrected chi connectivity index (χ4v) is 1.20. The van der Waals surface area contributed by atoms with E-state index >= 15 is 0 Å². The Bertz CT molecular complexity index is 338. The van der Waals surface area contributed by atoms with E-state index in [4.69, 9.17) is 5.73 Å². The van der Waals surface area contributed by atoms with Crippen LogP contribution in [0.3, 0.4) is 0 Å². The lowest BCUT2D eigenvalue weighted by Crippen LogP contribution is -2.12. The third-order valence-corrected chi connectivity index (χ3v) is 2.07. The molecule has 0 fully saturated rings. The SMILES string of the molecule is CC(Br)C(=O)c1cccc(N)c1F. The van der Waals surface area contributed by atoms with Crippen LogP contribution in [0, 0.1) is 5.82 Å². The van der Waals surface area contributed by atoms with Crippen molar-refractivity contribution in [1.82, 2.24) is 0 Å². The minimum Gasteiger partial charge on any atom is -0.396 e. The molecule has 1 aromatic rings. The Labute approximate surface area is 84.1 Å². The van der Waals surface area contributed by atoms with Crippen molar-refractivity contribution >= 4 is 27.4 Å². The van der Waals surface area contributed by atoms with Crippen molar-refractivity contribution in [3.05, 3.63) is 29.6 Å². The van der Waals surface area contributed by atoms with E-state index in [0.29, 0.717) is 0 Å². The van der Waals surface area contributed by atoms with Gasteiger partial charge in [-0.05, 0) is 19.1 Å². The third kappa shape index (κ3) is 2.06. The highest BCUT2D eigenvalue weighted by Crippen LogP contribution is 2.18. The van der Waals surface area contributed by atoms with Gasteiger partial charge in [0.1, 0.15) is 0 Å². The minimum atomic E-state index is -0.640. The van der Waals surface area contributed by atoms with Crippen LogP contribution in [0.5, 0.6) is 0 Å². The highest BCUT2D eigenvalue weighted by atomic mass is 79.9. The second-order valence-electron chi connectivity index (χ2n) is 2.69. The number of halogens is 2. The fraction of sp³-hybridized carbons (Fsp3) is 0.222. The molecule has 0 amide bonds. The number of ketones is 1. The normalized spacial score (nSPS) is 12.5. The van der Waals surface area contributed by atoms with Crippen molar-refractivity contribution in [3.8, 4) is 0 Å². The Morgan fingerprint density at radius 3 is 2.77 bits per heavy atom. The average molecular weight is 246 g/mol. The Morgan fingerprint density at radius 2 is 2.23 bits per heavy atom. The lowest BCUT2D eigenvalue weighted by molar-refractivity contribution is 0.0992. The first-order valence-corrected chi connectivity index (χ1v) is 4.68. The molecule has 0 aromatic heterocycles. The first-order valence-electron chi connectivity index (χ1n) is 3.76. The number of rotatable bonds is 2. The van der Waals surface area contributed by atoms with E-state index in [1.807, 2.05) is 0 Å². The molecular formula is C9H9BrFNO. The maximum Gasteiger partial charge on any atom is 0.179 e. The number of carbonyl (C=O) groups excluding carboxylic acids is 1. The van der Waals surface area contributed by atoms with Gasteiger partial charge in [0.05, 0.1) is 16.1 Å². The molecule has 4 heteroatoms. The summed E-state index contributed by atoms with van der Waals surface area (Å²) in [5.41, 5.74) is 5.35. The summed E-state index contributed by atoms with van der Waals surface area (Å²) in [5.74, 6) is -0.941. The van der Waals surface area contributed by atoms with Gasteiger partial charge in [0.15, 0.2) is 11.6 Å². The number of nitrogen functional groups attached to an aromatic ring is 1. The van der Waals surface area contributed by atoms with Crippen LogP contribution >= 0.6 is 15.9 Å². The van der Waals surface area contributed by atoms with Crippen molar-refractivity contribution in [2.24, 2.45) is 0 Å². The van der Waals surface area contributed by atoms with Gasteiger partial charge in [0.2, 0.25) is 0 Å². The van der Waals surface area contributed by atoms with Gasteiger partial charge in [-0.2, -0.15) is 0 Å². The Balaban J connectivity index is 3.15. The van der Waals surface area contributed by atoms with Crippen LogP contribution in [0.4, 0.5) is 10.1 Å². The molecule has 1 unspecified atom stereocenters. The van der Waals surface area contributed by atoms with Gasteiger partial charge in [0, 0.05) is 0 Å². The van der Waals surface area contributed by atoms with E-state index < -0.39 is 10.6 Å². The van der Waals surface area contributed by atoms with Gasteiger partial charge < -0.3 is 5.73 Å². The summed E-state index contributed by atoms with van der Waals surface area (Å²) in [5, 5.41) is 0. The Hall–Kier alpha value is -0.900. The molecule has 0 radical (unpaired) electrons. The Morgan fingerprint density at radius 1 is 1.62 bits per heavy atom. The number of nitrogens with two attached hydrogens (primary N) is 1. The molecule has 0 aliphatic carbocycles. The van der Waals surface area contributed by atoms with Gasteiger partial charge in [-0.15, -0.1) is 0 Å². The largest absolute Gasteiger partial charge is 0.396 e. The van der Waals surface area contributed by atoms with Gasteiger partial charge in [-0.25, -0.2) is 4.39 Å². The van der Waals surface area contributed by atoms with Gasteiger partial charge in [-0.1, -0.05) is 22.0 Å². The summed E-state index contributed by atoms with van der Waals surface area (Å²) in [6.45, 7) is 1.64. The second kappa shape index (κ2) is 3.87. The van der Waals surface area contributed by atoms with Crippen LogP contribution in [-0.2, 0) is 0 Å². The van der Waals surface area contributed by atoms with E-state index in [2.05, 4.69) is 15.9 Å². The number of alkyl halides is 1. The van der Waals surface area contributed by atoms with Crippen LogP contribution in [0.1, 0.15) is 17.3 Å². The summed E-state index contributed by atoms with van der Waals surface area (Å²) in [7, 11) is 0. The van der Waals surface area contributed by atoms with E-state index in [-0.39, 0.29) is 17.0 Å².